The van der Waals surface area contributed by atoms with Gasteiger partial charge in [-0.3, -0.25) is 9.59 Å². The second-order valence-electron chi connectivity index (χ2n) is 5.96. The molecular weight excluding hydrogens is 331 g/mol. The maximum Gasteiger partial charge on any atom is 0.328 e. The van der Waals surface area contributed by atoms with Crippen molar-refractivity contribution in [3.63, 3.8) is 0 Å². The van der Waals surface area contributed by atoms with E-state index >= 15 is 0 Å². The molecule has 1 saturated heterocycles. The summed E-state index contributed by atoms with van der Waals surface area (Å²) in [5.74, 6) is -2.14. The number of ether oxygens (including phenoxy) is 1. The fourth-order valence-corrected chi connectivity index (χ4v) is 2.90. The first-order chi connectivity index (χ1) is 11.8. The van der Waals surface area contributed by atoms with Gasteiger partial charge >= 0.3 is 5.97 Å². The minimum atomic E-state index is -1.10. The first-order valence-electron chi connectivity index (χ1n) is 7.90. The highest BCUT2D eigenvalue weighted by atomic mass is 19.1. The van der Waals surface area contributed by atoms with Crippen molar-refractivity contribution in [2.45, 2.75) is 38.0 Å². The first kappa shape index (κ1) is 18.9. The first-order valence-corrected chi connectivity index (χ1v) is 7.90. The molecule has 0 saturated carbocycles. The van der Waals surface area contributed by atoms with Gasteiger partial charge in [0.05, 0.1) is 13.2 Å². The van der Waals surface area contributed by atoms with Gasteiger partial charge in [0.15, 0.2) is 0 Å². The van der Waals surface area contributed by atoms with Crippen molar-refractivity contribution in [1.29, 1.82) is 0 Å². The van der Waals surface area contributed by atoms with Crippen LogP contribution in [0, 0.1) is 5.82 Å². The van der Waals surface area contributed by atoms with Crippen molar-refractivity contribution in [3.8, 4) is 0 Å². The molecular formula is C17H21FN2O5. The van der Waals surface area contributed by atoms with Crippen molar-refractivity contribution in [3.05, 3.63) is 35.6 Å². The molecule has 0 bridgehead atoms. The molecule has 0 aromatic heterocycles. The van der Waals surface area contributed by atoms with Crippen LogP contribution < -0.4 is 5.32 Å². The number of aliphatic hydroxyl groups is 1. The van der Waals surface area contributed by atoms with Crippen LogP contribution in [0.5, 0.6) is 0 Å². The number of likely N-dealkylation sites (tertiary alicyclic amines) is 1. The fraction of sp³-hybridized carbons (Fsp3) is 0.471. The highest BCUT2D eigenvalue weighted by Crippen LogP contribution is 2.19. The van der Waals surface area contributed by atoms with Crippen molar-refractivity contribution >= 4 is 17.8 Å². The standard InChI is InChI=1S/C17H21FN2O5/c1-10(21)20-9-12(22)8-15(20)16(23)19-14(17(24)25-2)7-11-5-3-4-6-13(11)18/h3-6,12,14-15,22H,7-9H2,1-2H3,(H,19,23)/t12-,14+,15+/m1/s1. The Hall–Kier alpha value is -2.48. The second-order valence-corrected chi connectivity index (χ2v) is 5.96. The molecule has 0 unspecified atom stereocenters. The molecule has 2 rings (SSSR count). The average Bonchev–Trinajstić information content (AvgIpc) is 2.97. The molecule has 1 aliphatic rings. The molecule has 25 heavy (non-hydrogen) atoms. The van der Waals surface area contributed by atoms with Gasteiger partial charge in [0.25, 0.3) is 0 Å². The quantitative estimate of drug-likeness (QED) is 0.728. The van der Waals surface area contributed by atoms with E-state index in [2.05, 4.69) is 10.1 Å². The van der Waals surface area contributed by atoms with E-state index in [-0.39, 0.29) is 30.9 Å². The predicted molar refractivity (Wildman–Crippen MR) is 85.8 cm³/mol. The Morgan fingerprint density at radius 2 is 2.08 bits per heavy atom. The van der Waals surface area contributed by atoms with Crippen LogP contribution in [0.1, 0.15) is 18.9 Å². The van der Waals surface area contributed by atoms with Crippen molar-refractivity contribution in [1.82, 2.24) is 10.2 Å². The summed E-state index contributed by atoms with van der Waals surface area (Å²) in [5.41, 5.74) is 0.257. The zero-order valence-electron chi connectivity index (χ0n) is 14.1. The van der Waals surface area contributed by atoms with Crippen LogP contribution in [0.25, 0.3) is 0 Å². The smallest absolute Gasteiger partial charge is 0.328 e. The highest BCUT2D eigenvalue weighted by molar-refractivity contribution is 5.91. The van der Waals surface area contributed by atoms with Crippen molar-refractivity contribution in [2.75, 3.05) is 13.7 Å². The summed E-state index contributed by atoms with van der Waals surface area (Å²) in [4.78, 5) is 37.3. The van der Waals surface area contributed by atoms with Gasteiger partial charge in [0, 0.05) is 26.3 Å². The summed E-state index contributed by atoms with van der Waals surface area (Å²) in [6.07, 6.45) is -0.804. The molecule has 8 heteroatoms. The lowest BCUT2D eigenvalue weighted by molar-refractivity contribution is -0.146. The van der Waals surface area contributed by atoms with E-state index in [0.717, 1.165) is 0 Å². The maximum atomic E-state index is 13.8. The molecule has 1 aliphatic heterocycles. The number of carbonyl (C=O) groups excluding carboxylic acids is 3. The van der Waals surface area contributed by atoms with Crippen LogP contribution >= 0.6 is 0 Å². The van der Waals surface area contributed by atoms with Crippen LogP contribution in [-0.4, -0.2) is 59.6 Å². The number of methoxy groups -OCH3 is 1. The third-order valence-electron chi connectivity index (χ3n) is 4.17. The Balaban J connectivity index is 2.14. The summed E-state index contributed by atoms with van der Waals surface area (Å²) in [6, 6.07) is 3.95. The second kappa shape index (κ2) is 8.06. The normalized spacial score (nSPS) is 20.9. The van der Waals surface area contributed by atoms with Crippen LogP contribution in [0.15, 0.2) is 24.3 Å². The number of rotatable bonds is 5. The highest BCUT2D eigenvalue weighted by Gasteiger charge is 2.39. The molecule has 0 aliphatic carbocycles. The summed E-state index contributed by atoms with van der Waals surface area (Å²) < 4.78 is 18.5. The molecule has 0 radical (unpaired) electrons. The van der Waals surface area contributed by atoms with E-state index < -0.39 is 35.9 Å². The van der Waals surface area contributed by atoms with E-state index in [1.54, 1.807) is 6.07 Å². The topological polar surface area (TPSA) is 95.9 Å². The zero-order valence-corrected chi connectivity index (χ0v) is 14.1. The molecule has 2 amide bonds. The van der Waals surface area contributed by atoms with E-state index in [1.807, 2.05) is 0 Å². The van der Waals surface area contributed by atoms with Gasteiger partial charge in [-0.05, 0) is 11.6 Å². The molecule has 0 spiro atoms. The Kier molecular flexibility index (Phi) is 6.08. The van der Waals surface area contributed by atoms with Gasteiger partial charge in [-0.25, -0.2) is 9.18 Å². The number of hydrogen-bond donors (Lipinski definition) is 2. The van der Waals surface area contributed by atoms with Crippen LogP contribution in [0.3, 0.4) is 0 Å². The number of amides is 2. The number of nitrogens with one attached hydrogen (secondary N) is 1. The number of aliphatic hydroxyl groups excluding tert-OH is 1. The number of carbonyl (C=O) groups is 3. The van der Waals surface area contributed by atoms with Gasteiger partial charge in [0.1, 0.15) is 17.9 Å². The zero-order chi connectivity index (χ0) is 18.6. The Bertz CT molecular complexity index is 666. The number of β-amino-alcohol motifs (C(OH)–C–C–N with tert-alkyl or cyclic N) is 1. The Morgan fingerprint density at radius 1 is 1.40 bits per heavy atom. The molecule has 1 fully saturated rings. The molecule has 3 atom stereocenters. The number of hydrogen-bond acceptors (Lipinski definition) is 5. The van der Waals surface area contributed by atoms with Gasteiger partial charge in [-0.15, -0.1) is 0 Å². The van der Waals surface area contributed by atoms with E-state index in [1.165, 1.54) is 37.1 Å². The summed E-state index contributed by atoms with van der Waals surface area (Å²) in [6.45, 7) is 1.36. The molecule has 7 nitrogen and oxygen atoms in total. The Labute approximate surface area is 144 Å². The van der Waals surface area contributed by atoms with Crippen LogP contribution in [0.4, 0.5) is 4.39 Å². The van der Waals surface area contributed by atoms with Gasteiger partial charge in [-0.1, -0.05) is 18.2 Å². The lowest BCUT2D eigenvalue weighted by Crippen LogP contribution is -2.51. The van der Waals surface area contributed by atoms with Crippen LogP contribution in [0.2, 0.25) is 0 Å². The van der Waals surface area contributed by atoms with Crippen molar-refractivity contribution < 1.29 is 28.6 Å². The van der Waals surface area contributed by atoms with E-state index in [4.69, 9.17) is 0 Å². The van der Waals surface area contributed by atoms with Crippen molar-refractivity contribution in [2.24, 2.45) is 0 Å². The molecule has 1 aromatic rings. The number of halogens is 1. The lowest BCUT2D eigenvalue weighted by Gasteiger charge is -2.24. The largest absolute Gasteiger partial charge is 0.467 e. The molecule has 1 heterocycles. The summed E-state index contributed by atoms with van der Waals surface area (Å²) >= 11 is 0. The number of benzene rings is 1. The van der Waals surface area contributed by atoms with E-state index in [0.29, 0.717) is 0 Å². The number of nitrogens with zero attached hydrogens (tertiary/aromatic N) is 1. The monoisotopic (exact) mass is 352 g/mol. The predicted octanol–water partition coefficient (Wildman–Crippen LogP) is 0.00770. The summed E-state index contributed by atoms with van der Waals surface area (Å²) in [5, 5.41) is 12.2. The van der Waals surface area contributed by atoms with Gasteiger partial charge in [-0.2, -0.15) is 0 Å². The van der Waals surface area contributed by atoms with Crippen LogP contribution in [-0.2, 0) is 25.5 Å². The average molecular weight is 352 g/mol. The fourth-order valence-electron chi connectivity index (χ4n) is 2.90. The lowest BCUT2D eigenvalue weighted by atomic mass is 10.0. The third kappa shape index (κ3) is 4.54. The minimum Gasteiger partial charge on any atom is -0.467 e. The van der Waals surface area contributed by atoms with Gasteiger partial charge < -0.3 is 20.1 Å². The molecule has 1 aromatic carbocycles. The molecule has 136 valence electrons. The number of esters is 1. The van der Waals surface area contributed by atoms with E-state index in [9.17, 15) is 23.9 Å². The third-order valence-corrected chi connectivity index (χ3v) is 4.17. The molecule has 2 N–H and O–H groups in total. The van der Waals surface area contributed by atoms with Gasteiger partial charge in [0.2, 0.25) is 11.8 Å². The SMILES string of the molecule is COC(=O)[C@H](Cc1ccccc1F)NC(=O)[C@@H]1C[C@@H](O)CN1C(C)=O. The minimum absolute atomic E-state index is 0.0592. The Morgan fingerprint density at radius 3 is 2.68 bits per heavy atom. The maximum absolute atomic E-state index is 13.8. The summed E-state index contributed by atoms with van der Waals surface area (Å²) in [7, 11) is 1.17.